The van der Waals surface area contributed by atoms with E-state index in [1.807, 2.05) is 5.51 Å². The molecule has 1 atom stereocenters. The molecule has 0 bridgehead atoms. The van der Waals surface area contributed by atoms with Gasteiger partial charge in [0.05, 0.1) is 11.2 Å². The fourth-order valence-corrected chi connectivity index (χ4v) is 2.72. The van der Waals surface area contributed by atoms with Crippen molar-refractivity contribution in [3.05, 3.63) is 16.6 Å². The number of piperidine rings is 1. The first-order valence-electron chi connectivity index (χ1n) is 5.65. The molecule has 2 heterocycles. The molecule has 1 fully saturated rings. The molecule has 0 saturated carbocycles. The van der Waals surface area contributed by atoms with Gasteiger partial charge < -0.3 is 10.2 Å². The Labute approximate surface area is 95.5 Å². The Morgan fingerprint density at radius 2 is 2.60 bits per heavy atom. The summed E-state index contributed by atoms with van der Waals surface area (Å²) in [5.74, 6) is 0. The number of thiazole rings is 1. The van der Waals surface area contributed by atoms with Crippen LogP contribution in [0.15, 0.2) is 10.9 Å². The molecule has 84 valence electrons. The predicted molar refractivity (Wildman–Crippen MR) is 64.3 cm³/mol. The van der Waals surface area contributed by atoms with E-state index in [1.54, 1.807) is 11.3 Å². The van der Waals surface area contributed by atoms with Gasteiger partial charge in [-0.25, -0.2) is 4.98 Å². The molecule has 1 N–H and O–H groups in total. The maximum atomic E-state index is 4.32. The van der Waals surface area contributed by atoms with Crippen molar-refractivity contribution in [3.63, 3.8) is 0 Å². The lowest BCUT2D eigenvalue weighted by atomic mass is 10.1. The molecule has 0 aromatic carbocycles. The summed E-state index contributed by atoms with van der Waals surface area (Å²) in [6, 6.07) is 0.689. The van der Waals surface area contributed by atoms with Gasteiger partial charge in [0.1, 0.15) is 0 Å². The lowest BCUT2D eigenvalue weighted by Crippen LogP contribution is -2.44. The summed E-state index contributed by atoms with van der Waals surface area (Å²) in [6.07, 6.45) is 3.74. The number of rotatable bonds is 4. The minimum absolute atomic E-state index is 0.689. The fourth-order valence-electron chi connectivity index (χ4n) is 2.13. The molecule has 1 aliphatic rings. The van der Waals surface area contributed by atoms with Crippen LogP contribution in [0.5, 0.6) is 0 Å². The van der Waals surface area contributed by atoms with Crippen LogP contribution in [-0.4, -0.2) is 42.6 Å². The second kappa shape index (κ2) is 5.58. The van der Waals surface area contributed by atoms with E-state index >= 15 is 0 Å². The van der Waals surface area contributed by atoms with Crippen LogP contribution in [0.3, 0.4) is 0 Å². The van der Waals surface area contributed by atoms with Gasteiger partial charge >= 0.3 is 0 Å². The normalized spacial score (nSPS) is 23.1. The lowest BCUT2D eigenvalue weighted by molar-refractivity contribution is 0.197. The van der Waals surface area contributed by atoms with E-state index in [1.165, 1.54) is 31.6 Å². The Bertz CT molecular complexity index is 273. The van der Waals surface area contributed by atoms with Crippen molar-refractivity contribution in [1.29, 1.82) is 0 Å². The average molecular weight is 225 g/mol. The maximum absolute atomic E-state index is 4.32. The SMILES string of the molecule is CNC1CCCN(CCc2cscn2)C1. The number of hydrogen-bond acceptors (Lipinski definition) is 4. The van der Waals surface area contributed by atoms with Gasteiger partial charge in [0.15, 0.2) is 0 Å². The molecule has 1 aromatic heterocycles. The van der Waals surface area contributed by atoms with E-state index in [0.717, 1.165) is 13.0 Å². The zero-order valence-electron chi connectivity index (χ0n) is 9.28. The summed E-state index contributed by atoms with van der Waals surface area (Å²) in [5, 5.41) is 5.52. The highest BCUT2D eigenvalue weighted by Crippen LogP contribution is 2.10. The molecule has 3 nitrogen and oxygen atoms in total. The third-order valence-corrected chi connectivity index (χ3v) is 3.72. The second-order valence-electron chi connectivity index (χ2n) is 4.16. The summed E-state index contributed by atoms with van der Waals surface area (Å²) in [6.45, 7) is 3.60. The summed E-state index contributed by atoms with van der Waals surface area (Å²) in [5.41, 5.74) is 3.16. The van der Waals surface area contributed by atoms with Crippen molar-refractivity contribution in [2.45, 2.75) is 25.3 Å². The minimum atomic E-state index is 0.689. The van der Waals surface area contributed by atoms with E-state index in [0.29, 0.717) is 6.04 Å². The lowest BCUT2D eigenvalue weighted by Gasteiger charge is -2.32. The van der Waals surface area contributed by atoms with Crippen LogP contribution in [0, 0.1) is 0 Å². The number of hydrogen-bond donors (Lipinski definition) is 1. The Morgan fingerprint density at radius 1 is 1.67 bits per heavy atom. The Hall–Kier alpha value is -0.450. The third kappa shape index (κ3) is 3.26. The summed E-state index contributed by atoms with van der Waals surface area (Å²) in [4.78, 5) is 6.86. The highest BCUT2D eigenvalue weighted by atomic mass is 32.1. The van der Waals surface area contributed by atoms with Crippen molar-refractivity contribution in [1.82, 2.24) is 15.2 Å². The van der Waals surface area contributed by atoms with E-state index in [-0.39, 0.29) is 0 Å². The zero-order chi connectivity index (χ0) is 10.5. The number of nitrogens with one attached hydrogen (secondary N) is 1. The Balaban J connectivity index is 1.74. The van der Waals surface area contributed by atoms with E-state index in [4.69, 9.17) is 0 Å². The van der Waals surface area contributed by atoms with E-state index in [2.05, 4.69) is 27.6 Å². The number of aromatic nitrogens is 1. The van der Waals surface area contributed by atoms with Crippen LogP contribution in [-0.2, 0) is 6.42 Å². The molecule has 0 spiro atoms. The minimum Gasteiger partial charge on any atom is -0.316 e. The van der Waals surface area contributed by atoms with Gasteiger partial charge in [-0.15, -0.1) is 11.3 Å². The van der Waals surface area contributed by atoms with Crippen molar-refractivity contribution in [2.75, 3.05) is 26.7 Å². The van der Waals surface area contributed by atoms with Crippen LogP contribution in [0.4, 0.5) is 0 Å². The highest BCUT2D eigenvalue weighted by molar-refractivity contribution is 7.07. The van der Waals surface area contributed by atoms with Gasteiger partial charge in [-0.3, -0.25) is 0 Å². The van der Waals surface area contributed by atoms with Crippen LogP contribution < -0.4 is 5.32 Å². The molecule has 1 unspecified atom stereocenters. The maximum Gasteiger partial charge on any atom is 0.0794 e. The van der Waals surface area contributed by atoms with Crippen LogP contribution >= 0.6 is 11.3 Å². The number of likely N-dealkylation sites (tertiary alicyclic amines) is 1. The topological polar surface area (TPSA) is 28.2 Å². The van der Waals surface area contributed by atoms with Gasteiger partial charge in [0.2, 0.25) is 0 Å². The third-order valence-electron chi connectivity index (χ3n) is 3.08. The molecule has 0 amide bonds. The molecule has 15 heavy (non-hydrogen) atoms. The molecule has 2 rings (SSSR count). The van der Waals surface area contributed by atoms with Crippen molar-refractivity contribution < 1.29 is 0 Å². The van der Waals surface area contributed by atoms with Crippen LogP contribution in [0.25, 0.3) is 0 Å². The quantitative estimate of drug-likeness (QED) is 0.839. The number of likely N-dealkylation sites (N-methyl/N-ethyl adjacent to an activating group) is 1. The first kappa shape index (κ1) is 11.0. The van der Waals surface area contributed by atoms with Crippen molar-refractivity contribution in [3.8, 4) is 0 Å². The van der Waals surface area contributed by atoms with Gasteiger partial charge in [0.25, 0.3) is 0 Å². The molecular weight excluding hydrogens is 206 g/mol. The van der Waals surface area contributed by atoms with Crippen molar-refractivity contribution in [2.24, 2.45) is 0 Å². The first-order valence-corrected chi connectivity index (χ1v) is 6.59. The predicted octanol–water partition coefficient (Wildman–Crippen LogP) is 1.37. The molecule has 1 saturated heterocycles. The molecule has 4 heteroatoms. The van der Waals surface area contributed by atoms with Gasteiger partial charge in [-0.2, -0.15) is 0 Å². The molecule has 0 aliphatic carbocycles. The van der Waals surface area contributed by atoms with E-state index < -0.39 is 0 Å². The standard InChI is InChI=1S/C11H19N3S/c1-12-10-3-2-5-14(7-10)6-4-11-8-15-9-13-11/h8-10,12H,2-7H2,1H3. The average Bonchev–Trinajstić information content (AvgIpc) is 2.79. The summed E-state index contributed by atoms with van der Waals surface area (Å²) in [7, 11) is 2.06. The summed E-state index contributed by atoms with van der Waals surface area (Å²) < 4.78 is 0. The smallest absolute Gasteiger partial charge is 0.0794 e. The van der Waals surface area contributed by atoms with Crippen LogP contribution in [0.1, 0.15) is 18.5 Å². The fraction of sp³-hybridized carbons (Fsp3) is 0.727. The van der Waals surface area contributed by atoms with Crippen molar-refractivity contribution >= 4 is 11.3 Å². The Morgan fingerprint density at radius 3 is 3.33 bits per heavy atom. The largest absolute Gasteiger partial charge is 0.316 e. The van der Waals surface area contributed by atoms with Crippen LogP contribution in [0.2, 0.25) is 0 Å². The number of nitrogens with zero attached hydrogens (tertiary/aromatic N) is 2. The van der Waals surface area contributed by atoms with Gasteiger partial charge in [-0.1, -0.05) is 0 Å². The monoisotopic (exact) mass is 225 g/mol. The molecule has 1 aromatic rings. The van der Waals surface area contributed by atoms with Gasteiger partial charge in [-0.05, 0) is 26.4 Å². The molecule has 1 aliphatic heterocycles. The Kier molecular flexibility index (Phi) is 4.11. The highest BCUT2D eigenvalue weighted by Gasteiger charge is 2.17. The zero-order valence-corrected chi connectivity index (χ0v) is 10.1. The van der Waals surface area contributed by atoms with Gasteiger partial charge in [0, 0.05) is 30.9 Å². The first-order chi connectivity index (χ1) is 7.38. The molecular formula is C11H19N3S. The second-order valence-corrected chi connectivity index (χ2v) is 4.88. The summed E-state index contributed by atoms with van der Waals surface area (Å²) >= 11 is 1.69. The van der Waals surface area contributed by atoms with E-state index in [9.17, 15) is 0 Å². The molecule has 0 radical (unpaired) electrons.